The minimum Gasteiger partial charge on any atom is -0.395 e. The van der Waals surface area contributed by atoms with Gasteiger partial charge in [0.05, 0.1) is 0 Å². The maximum absolute atomic E-state index is 13.0. The summed E-state index contributed by atoms with van der Waals surface area (Å²) in [5, 5.41) is 0. The average Bonchev–Trinajstić information content (AvgIpc) is 2.61. The Kier molecular flexibility index (Phi) is 5.68. The van der Waals surface area contributed by atoms with Crippen molar-refractivity contribution in [3.63, 3.8) is 0 Å². The Hall–Kier alpha value is -2.88. The molecule has 0 aliphatic carbocycles. The molecule has 0 heterocycles. The summed E-state index contributed by atoms with van der Waals surface area (Å²) < 4.78 is 22.5. The molecule has 0 amide bonds. The number of phosphoric ester groups is 1. The molecular formula is C22H21O5P. The van der Waals surface area contributed by atoms with Crippen molar-refractivity contribution in [2.75, 3.05) is 0 Å². The normalized spacial score (nSPS) is 12.9. The molecular weight excluding hydrogens is 375 g/mol. The summed E-state index contributed by atoms with van der Waals surface area (Å²) in [5.74, 6) is 0.124. The van der Waals surface area contributed by atoms with E-state index in [4.69, 9.17) is 9.05 Å². The highest BCUT2D eigenvalue weighted by Gasteiger charge is 2.25. The lowest BCUT2D eigenvalue weighted by Crippen LogP contribution is -2.07. The van der Waals surface area contributed by atoms with E-state index in [1.54, 1.807) is 42.5 Å². The Morgan fingerprint density at radius 2 is 1.39 bits per heavy atom. The topological polar surface area (TPSA) is 72.8 Å². The fourth-order valence-corrected chi connectivity index (χ4v) is 3.95. The van der Waals surface area contributed by atoms with Crippen LogP contribution >= 0.6 is 7.82 Å². The molecule has 5 nitrogen and oxygen atoms in total. The van der Waals surface area contributed by atoms with E-state index in [0.29, 0.717) is 11.1 Å². The van der Waals surface area contributed by atoms with Crippen molar-refractivity contribution in [3.05, 3.63) is 94.5 Å². The van der Waals surface area contributed by atoms with Crippen molar-refractivity contribution < 1.29 is 23.3 Å². The van der Waals surface area contributed by atoms with Gasteiger partial charge in [-0.25, -0.2) is 4.57 Å². The highest BCUT2D eigenvalue weighted by Crippen LogP contribution is 2.44. The summed E-state index contributed by atoms with van der Waals surface area (Å²) >= 11 is 0. The number of rotatable bonds is 6. The first-order valence-corrected chi connectivity index (χ1v) is 10.2. The summed E-state index contributed by atoms with van der Waals surface area (Å²) in [6.45, 7) is 5.76. The second-order valence-corrected chi connectivity index (χ2v) is 7.90. The largest absolute Gasteiger partial charge is 0.584 e. The summed E-state index contributed by atoms with van der Waals surface area (Å²) in [6.07, 6.45) is 0. The van der Waals surface area contributed by atoms with Crippen LogP contribution in [0.5, 0.6) is 11.5 Å². The number of phosphoric acid groups is 1. The molecule has 0 aliphatic rings. The van der Waals surface area contributed by atoms with E-state index < -0.39 is 7.82 Å². The van der Waals surface area contributed by atoms with Gasteiger partial charge in [-0.3, -0.25) is 9.69 Å². The fraction of sp³-hybridized carbons (Fsp3) is 0.136. The average molecular weight is 396 g/mol. The quantitative estimate of drug-likeness (QED) is 0.446. The van der Waals surface area contributed by atoms with Gasteiger partial charge < -0.3 is 9.05 Å². The Balaban J connectivity index is 1.84. The van der Waals surface area contributed by atoms with Crippen LogP contribution in [0.4, 0.5) is 0 Å². The van der Waals surface area contributed by atoms with Gasteiger partial charge in [-0.1, -0.05) is 48.0 Å². The Bertz CT molecular complexity index is 1040. The molecule has 0 radical (unpaired) electrons. The summed E-state index contributed by atoms with van der Waals surface area (Å²) in [4.78, 5) is 23.0. The summed E-state index contributed by atoms with van der Waals surface area (Å²) in [5.41, 5.74) is 3.84. The van der Waals surface area contributed by atoms with Crippen LogP contribution in [-0.4, -0.2) is 10.7 Å². The van der Waals surface area contributed by atoms with Crippen molar-refractivity contribution >= 4 is 13.6 Å². The predicted octanol–water partition coefficient (Wildman–Crippen LogP) is 5.40. The predicted molar refractivity (Wildman–Crippen MR) is 108 cm³/mol. The zero-order chi connectivity index (χ0) is 20.3. The monoisotopic (exact) mass is 396 g/mol. The third-order valence-corrected chi connectivity index (χ3v) is 5.07. The minimum atomic E-state index is -4.40. The maximum Gasteiger partial charge on any atom is 0.584 e. The first-order valence-electron chi connectivity index (χ1n) is 8.75. The molecule has 3 aromatic carbocycles. The van der Waals surface area contributed by atoms with Gasteiger partial charge in [0.15, 0.2) is 5.78 Å². The second kappa shape index (κ2) is 8.01. The standard InChI is InChI=1S/C22H21O5P/c1-15-12-16(2)21(17(3)13-15)22(23)18-8-7-11-20(14-18)27-28(24,25)26-19-9-5-4-6-10-19/h4-14H,1-3H3,(H,24,25). The van der Waals surface area contributed by atoms with E-state index in [2.05, 4.69) is 0 Å². The molecule has 0 saturated heterocycles. The van der Waals surface area contributed by atoms with Gasteiger partial charge in [0, 0.05) is 11.1 Å². The third-order valence-electron chi connectivity index (χ3n) is 4.19. The molecule has 0 fully saturated rings. The SMILES string of the molecule is Cc1cc(C)c(C(=O)c2cccc(OP(=O)(O)Oc3ccccc3)c2)c(C)c1. The van der Waals surface area contributed by atoms with Gasteiger partial charge in [-0.2, -0.15) is 0 Å². The smallest absolute Gasteiger partial charge is 0.395 e. The molecule has 0 saturated carbocycles. The highest BCUT2D eigenvalue weighted by molar-refractivity contribution is 7.48. The van der Waals surface area contributed by atoms with Gasteiger partial charge >= 0.3 is 7.82 Å². The Labute approximate surface area is 164 Å². The van der Waals surface area contributed by atoms with E-state index in [1.807, 2.05) is 32.9 Å². The lowest BCUT2D eigenvalue weighted by molar-refractivity contribution is 0.103. The molecule has 0 spiro atoms. The number of benzene rings is 3. The number of hydrogen-bond acceptors (Lipinski definition) is 4. The zero-order valence-electron chi connectivity index (χ0n) is 15.9. The molecule has 144 valence electrons. The van der Waals surface area contributed by atoms with Gasteiger partial charge in [0.1, 0.15) is 11.5 Å². The molecule has 3 rings (SSSR count). The van der Waals surface area contributed by atoms with Crippen molar-refractivity contribution in [1.29, 1.82) is 0 Å². The van der Waals surface area contributed by atoms with Crippen LogP contribution in [0.3, 0.4) is 0 Å². The van der Waals surface area contributed by atoms with Crippen LogP contribution < -0.4 is 9.05 Å². The van der Waals surface area contributed by atoms with E-state index in [1.165, 1.54) is 12.1 Å². The molecule has 6 heteroatoms. The van der Waals surface area contributed by atoms with Crippen LogP contribution in [0.15, 0.2) is 66.7 Å². The van der Waals surface area contributed by atoms with Crippen LogP contribution in [0, 0.1) is 20.8 Å². The lowest BCUT2D eigenvalue weighted by Gasteiger charge is -2.15. The zero-order valence-corrected chi connectivity index (χ0v) is 16.8. The van der Waals surface area contributed by atoms with Gasteiger partial charge in [0.2, 0.25) is 0 Å². The van der Waals surface area contributed by atoms with Crippen molar-refractivity contribution in [1.82, 2.24) is 0 Å². The van der Waals surface area contributed by atoms with Crippen LogP contribution in [0.25, 0.3) is 0 Å². The van der Waals surface area contributed by atoms with Crippen molar-refractivity contribution in [2.45, 2.75) is 20.8 Å². The first kappa shape index (κ1) is 19.9. The number of carbonyl (C=O) groups excluding carboxylic acids is 1. The molecule has 28 heavy (non-hydrogen) atoms. The van der Waals surface area contributed by atoms with E-state index in [9.17, 15) is 14.3 Å². The van der Waals surface area contributed by atoms with Crippen LogP contribution in [0.1, 0.15) is 32.6 Å². The number of ketones is 1. The summed E-state index contributed by atoms with van der Waals surface area (Å²) in [7, 11) is -4.40. The molecule has 1 N–H and O–H groups in total. The van der Waals surface area contributed by atoms with Crippen LogP contribution in [-0.2, 0) is 4.57 Å². The number of carbonyl (C=O) groups is 1. The Morgan fingerprint density at radius 3 is 2.04 bits per heavy atom. The molecule has 0 aliphatic heterocycles. The van der Waals surface area contributed by atoms with Crippen molar-refractivity contribution in [2.24, 2.45) is 0 Å². The van der Waals surface area contributed by atoms with Crippen molar-refractivity contribution in [3.8, 4) is 11.5 Å². The lowest BCUT2D eigenvalue weighted by atomic mass is 9.93. The van der Waals surface area contributed by atoms with Crippen LogP contribution in [0.2, 0.25) is 0 Å². The molecule has 0 bridgehead atoms. The fourth-order valence-electron chi connectivity index (χ4n) is 3.14. The van der Waals surface area contributed by atoms with E-state index in [-0.39, 0.29) is 17.3 Å². The highest BCUT2D eigenvalue weighted by atomic mass is 31.2. The number of hydrogen-bond donors (Lipinski definition) is 1. The van der Waals surface area contributed by atoms with Gasteiger partial charge in [-0.05, 0) is 56.2 Å². The molecule has 1 atom stereocenters. The van der Waals surface area contributed by atoms with E-state index >= 15 is 0 Å². The second-order valence-electron chi connectivity index (χ2n) is 6.59. The first-order chi connectivity index (χ1) is 13.2. The maximum atomic E-state index is 13.0. The minimum absolute atomic E-state index is 0.0787. The number of para-hydroxylation sites is 1. The third kappa shape index (κ3) is 4.69. The van der Waals surface area contributed by atoms with E-state index in [0.717, 1.165) is 16.7 Å². The molecule has 0 aromatic heterocycles. The van der Waals surface area contributed by atoms with Gasteiger partial charge in [-0.15, -0.1) is 0 Å². The molecule has 1 unspecified atom stereocenters. The molecule has 3 aromatic rings. The summed E-state index contributed by atoms with van der Waals surface area (Å²) in [6, 6.07) is 18.3. The Morgan fingerprint density at radius 1 is 0.821 bits per heavy atom. The van der Waals surface area contributed by atoms with Gasteiger partial charge in [0.25, 0.3) is 0 Å². The number of aryl methyl sites for hydroxylation is 3.